The number of rotatable bonds is 0. The second-order valence-corrected chi connectivity index (χ2v) is 3.71. The first-order valence-electron chi connectivity index (χ1n) is 3.84. The standard InChI is InChI=1S/C9H4N2O2S/c10-11-7-8(12)5-3-1-2-4-6(5)14-9(7)13/h1-4H/p+1. The van der Waals surface area contributed by atoms with Crippen molar-refractivity contribution in [2.45, 2.75) is 0 Å². The summed E-state index contributed by atoms with van der Waals surface area (Å²) in [5, 5.41) is 18.1. The van der Waals surface area contributed by atoms with E-state index in [9.17, 15) is 9.90 Å². The Labute approximate surface area is 82.7 Å². The summed E-state index contributed by atoms with van der Waals surface area (Å²) >= 11 is 1.01. The predicted molar refractivity (Wildman–Crippen MR) is 54.5 cm³/mol. The van der Waals surface area contributed by atoms with Gasteiger partial charge in [0.05, 0.1) is 0 Å². The maximum Gasteiger partial charge on any atom is 0.483 e. The Hall–Kier alpha value is -1.93. The van der Waals surface area contributed by atoms with E-state index >= 15 is 0 Å². The van der Waals surface area contributed by atoms with Crippen molar-refractivity contribution in [2.75, 3.05) is 0 Å². The maximum absolute atomic E-state index is 11.6. The lowest BCUT2D eigenvalue weighted by atomic mass is 10.2. The third-order valence-corrected chi connectivity index (χ3v) is 2.82. The largest absolute Gasteiger partial charge is 0.494 e. The molecule has 5 heteroatoms. The molecule has 0 aliphatic heterocycles. The van der Waals surface area contributed by atoms with Crippen molar-refractivity contribution in [1.29, 1.82) is 5.39 Å². The third-order valence-electron chi connectivity index (χ3n) is 1.86. The maximum atomic E-state index is 11.6. The lowest BCUT2D eigenvalue weighted by Crippen LogP contribution is -1.98. The molecule has 0 saturated heterocycles. The lowest BCUT2D eigenvalue weighted by molar-refractivity contribution is 0.493. The number of aromatic hydroxyl groups is 1. The third kappa shape index (κ3) is 1.13. The number of fused-ring (bicyclic) bond motifs is 1. The minimum atomic E-state index is -0.459. The quantitative estimate of drug-likeness (QED) is 0.672. The van der Waals surface area contributed by atoms with E-state index in [-0.39, 0.29) is 10.8 Å². The summed E-state index contributed by atoms with van der Waals surface area (Å²) in [5.74, 6) is 0. The van der Waals surface area contributed by atoms with Crippen LogP contribution in [0.5, 0.6) is 5.06 Å². The molecule has 0 aliphatic rings. The zero-order valence-corrected chi connectivity index (χ0v) is 7.78. The molecule has 2 aromatic rings. The van der Waals surface area contributed by atoms with Crippen molar-refractivity contribution >= 4 is 27.1 Å². The van der Waals surface area contributed by atoms with Gasteiger partial charge in [-0.25, -0.2) is 0 Å². The Balaban J connectivity index is 3.03. The molecule has 0 aliphatic carbocycles. The zero-order chi connectivity index (χ0) is 10.1. The summed E-state index contributed by atoms with van der Waals surface area (Å²) in [5.41, 5.74) is -0.756. The van der Waals surface area contributed by atoms with Crippen LogP contribution < -0.4 is 5.43 Å². The van der Waals surface area contributed by atoms with Gasteiger partial charge in [0.1, 0.15) is 0 Å². The molecule has 1 aromatic heterocycles. The fourth-order valence-electron chi connectivity index (χ4n) is 1.21. The highest BCUT2D eigenvalue weighted by Crippen LogP contribution is 2.32. The molecule has 14 heavy (non-hydrogen) atoms. The van der Waals surface area contributed by atoms with Crippen LogP contribution in [0, 0.1) is 5.39 Å². The van der Waals surface area contributed by atoms with Crippen LogP contribution in [-0.2, 0) is 0 Å². The van der Waals surface area contributed by atoms with Gasteiger partial charge in [-0.3, -0.25) is 4.79 Å². The molecule has 0 spiro atoms. The van der Waals surface area contributed by atoms with Gasteiger partial charge in [0.25, 0.3) is 10.5 Å². The summed E-state index contributed by atoms with van der Waals surface area (Å²) in [7, 11) is 0. The lowest BCUT2D eigenvalue weighted by Gasteiger charge is -1.92. The summed E-state index contributed by atoms with van der Waals surface area (Å²) in [6.07, 6.45) is 0. The highest BCUT2D eigenvalue weighted by Gasteiger charge is 2.22. The highest BCUT2D eigenvalue weighted by atomic mass is 32.1. The Bertz CT molecular complexity index is 598. The normalized spacial score (nSPS) is 9.93. The van der Waals surface area contributed by atoms with Crippen LogP contribution in [0.15, 0.2) is 29.1 Å². The first kappa shape index (κ1) is 8.66. The number of nitrogens with zero attached hydrogens (tertiary/aromatic N) is 2. The molecule has 1 aromatic carbocycles. The predicted octanol–water partition coefficient (Wildman–Crippen LogP) is 2.45. The first-order valence-corrected chi connectivity index (χ1v) is 4.65. The van der Waals surface area contributed by atoms with Gasteiger partial charge < -0.3 is 5.11 Å². The van der Waals surface area contributed by atoms with Gasteiger partial charge in [-0.1, -0.05) is 23.5 Å². The van der Waals surface area contributed by atoms with Crippen LogP contribution >= 0.6 is 11.3 Å². The summed E-state index contributed by atoms with van der Waals surface area (Å²) < 4.78 is 0.669. The SMILES string of the molecule is N#[N+]c1c(O)sc2ccccc2c1=O. The van der Waals surface area contributed by atoms with Crippen molar-refractivity contribution in [2.24, 2.45) is 0 Å². The van der Waals surface area contributed by atoms with Crippen molar-refractivity contribution in [3.8, 4) is 5.06 Å². The molecule has 0 unspecified atom stereocenters. The van der Waals surface area contributed by atoms with Crippen LogP contribution in [0.1, 0.15) is 0 Å². The molecule has 0 bridgehead atoms. The number of benzene rings is 1. The Morgan fingerprint density at radius 2 is 2.07 bits per heavy atom. The van der Waals surface area contributed by atoms with Crippen LogP contribution in [0.3, 0.4) is 0 Å². The minimum Gasteiger partial charge on any atom is -0.494 e. The Kier molecular flexibility index (Phi) is 1.91. The molecule has 0 atom stereocenters. The van der Waals surface area contributed by atoms with E-state index in [4.69, 9.17) is 5.39 Å². The van der Waals surface area contributed by atoms with Crippen molar-refractivity contribution in [3.05, 3.63) is 39.5 Å². The van der Waals surface area contributed by atoms with E-state index < -0.39 is 5.43 Å². The van der Waals surface area contributed by atoms with Crippen molar-refractivity contribution in [3.63, 3.8) is 0 Å². The van der Waals surface area contributed by atoms with Gasteiger partial charge >= 0.3 is 5.69 Å². The average Bonchev–Trinajstić information content (AvgIpc) is 2.18. The van der Waals surface area contributed by atoms with E-state index in [2.05, 4.69) is 4.98 Å². The van der Waals surface area contributed by atoms with Crippen LogP contribution in [0.25, 0.3) is 15.1 Å². The fourth-order valence-corrected chi connectivity index (χ4v) is 2.06. The molecule has 0 amide bonds. The van der Waals surface area contributed by atoms with Gasteiger partial charge in [-0.05, 0) is 12.1 Å². The molecule has 1 heterocycles. The van der Waals surface area contributed by atoms with E-state index in [0.29, 0.717) is 10.1 Å². The second-order valence-electron chi connectivity index (χ2n) is 2.68. The smallest absolute Gasteiger partial charge is 0.483 e. The minimum absolute atomic E-state index is 0.267. The molecule has 0 radical (unpaired) electrons. The van der Waals surface area contributed by atoms with E-state index in [0.717, 1.165) is 11.3 Å². The molecular formula is C9H5N2O2S+. The molecule has 2 rings (SSSR count). The van der Waals surface area contributed by atoms with Crippen molar-refractivity contribution < 1.29 is 5.11 Å². The van der Waals surface area contributed by atoms with Crippen molar-refractivity contribution in [1.82, 2.24) is 0 Å². The molecule has 0 fully saturated rings. The topological polar surface area (TPSA) is 65.4 Å². The summed E-state index contributed by atoms with van der Waals surface area (Å²) in [6.45, 7) is 0. The van der Waals surface area contributed by atoms with E-state index in [1.807, 2.05) is 0 Å². The van der Waals surface area contributed by atoms with Gasteiger partial charge in [0, 0.05) is 10.1 Å². The number of diazo groups is 1. The number of hydrogen-bond acceptors (Lipinski definition) is 4. The van der Waals surface area contributed by atoms with Crippen LogP contribution in [0.2, 0.25) is 0 Å². The second kappa shape index (κ2) is 3.09. The monoisotopic (exact) mass is 205 g/mol. The zero-order valence-electron chi connectivity index (χ0n) is 6.97. The van der Waals surface area contributed by atoms with Gasteiger partial charge in [0.15, 0.2) is 4.98 Å². The fraction of sp³-hybridized carbons (Fsp3) is 0. The van der Waals surface area contributed by atoms with E-state index in [1.165, 1.54) is 0 Å². The molecule has 4 nitrogen and oxygen atoms in total. The molecular weight excluding hydrogens is 200 g/mol. The number of hydrogen-bond donors (Lipinski definition) is 1. The molecule has 68 valence electrons. The van der Waals surface area contributed by atoms with Gasteiger partial charge in [0.2, 0.25) is 5.39 Å². The first-order chi connectivity index (χ1) is 6.74. The van der Waals surface area contributed by atoms with Gasteiger partial charge in [-0.15, -0.1) is 0 Å². The van der Waals surface area contributed by atoms with E-state index in [1.54, 1.807) is 24.3 Å². The average molecular weight is 205 g/mol. The van der Waals surface area contributed by atoms with Gasteiger partial charge in [-0.2, -0.15) is 0 Å². The van der Waals surface area contributed by atoms with Crippen LogP contribution in [-0.4, -0.2) is 5.11 Å². The summed E-state index contributed by atoms with van der Waals surface area (Å²) in [4.78, 5) is 14.3. The Morgan fingerprint density at radius 1 is 1.36 bits per heavy atom. The van der Waals surface area contributed by atoms with Crippen LogP contribution in [0.4, 0.5) is 5.69 Å². The highest BCUT2D eigenvalue weighted by molar-refractivity contribution is 7.20. The Morgan fingerprint density at radius 3 is 2.79 bits per heavy atom. The summed E-state index contributed by atoms with van der Waals surface area (Å²) in [6, 6.07) is 6.84. The molecule has 0 saturated carbocycles. The molecule has 1 N–H and O–H groups in total.